The van der Waals surface area contributed by atoms with Gasteiger partial charge in [0.2, 0.25) is 0 Å². The SMILES string of the molecule is CCC1CCCCN1C(=O)c1ccc(S(=O)(=O)Cl)cc1. The van der Waals surface area contributed by atoms with Crippen LogP contribution in [-0.2, 0) is 9.05 Å². The summed E-state index contributed by atoms with van der Waals surface area (Å²) >= 11 is 0. The van der Waals surface area contributed by atoms with Gasteiger partial charge in [-0.25, -0.2) is 8.42 Å². The molecule has 1 aromatic rings. The maximum Gasteiger partial charge on any atom is 0.261 e. The number of halogens is 1. The Hall–Kier alpha value is -1.07. The average molecular weight is 316 g/mol. The van der Waals surface area contributed by atoms with Gasteiger partial charge in [-0.05, 0) is 49.9 Å². The van der Waals surface area contributed by atoms with Crippen LogP contribution in [0.5, 0.6) is 0 Å². The number of piperidine rings is 1. The molecule has 110 valence electrons. The second-order valence-corrected chi connectivity index (χ2v) is 7.58. The van der Waals surface area contributed by atoms with E-state index in [0.717, 1.165) is 32.2 Å². The van der Waals surface area contributed by atoms with Crippen molar-refractivity contribution in [3.8, 4) is 0 Å². The molecule has 1 aromatic carbocycles. The molecule has 1 heterocycles. The average Bonchev–Trinajstić information content (AvgIpc) is 2.45. The van der Waals surface area contributed by atoms with E-state index in [-0.39, 0.29) is 16.8 Å². The summed E-state index contributed by atoms with van der Waals surface area (Å²) in [6.45, 7) is 2.85. The van der Waals surface area contributed by atoms with Crippen molar-refractivity contribution in [1.82, 2.24) is 4.90 Å². The normalized spacial score (nSPS) is 19.9. The van der Waals surface area contributed by atoms with Crippen molar-refractivity contribution in [2.75, 3.05) is 6.54 Å². The Morgan fingerprint density at radius 1 is 1.30 bits per heavy atom. The first-order chi connectivity index (χ1) is 9.43. The number of rotatable bonds is 3. The van der Waals surface area contributed by atoms with Gasteiger partial charge in [-0.2, -0.15) is 0 Å². The summed E-state index contributed by atoms with van der Waals surface area (Å²) in [6.07, 6.45) is 4.17. The zero-order valence-corrected chi connectivity index (χ0v) is 13.0. The number of amides is 1. The minimum Gasteiger partial charge on any atom is -0.336 e. The van der Waals surface area contributed by atoms with Gasteiger partial charge in [-0.3, -0.25) is 4.79 Å². The van der Waals surface area contributed by atoms with Gasteiger partial charge in [0.05, 0.1) is 4.90 Å². The fourth-order valence-corrected chi connectivity index (χ4v) is 3.39. The highest BCUT2D eigenvalue weighted by atomic mass is 35.7. The Morgan fingerprint density at radius 3 is 2.50 bits per heavy atom. The molecule has 0 radical (unpaired) electrons. The highest BCUT2D eigenvalue weighted by Crippen LogP contribution is 2.23. The minimum absolute atomic E-state index is 0.0152. The zero-order valence-electron chi connectivity index (χ0n) is 11.4. The van der Waals surface area contributed by atoms with Crippen molar-refractivity contribution < 1.29 is 13.2 Å². The van der Waals surface area contributed by atoms with Gasteiger partial charge in [0.15, 0.2) is 0 Å². The molecule has 0 bridgehead atoms. The van der Waals surface area contributed by atoms with E-state index in [1.807, 2.05) is 4.90 Å². The summed E-state index contributed by atoms with van der Waals surface area (Å²) in [7, 11) is 1.52. The van der Waals surface area contributed by atoms with Crippen molar-refractivity contribution in [2.24, 2.45) is 0 Å². The molecule has 20 heavy (non-hydrogen) atoms. The predicted molar refractivity (Wildman–Crippen MR) is 78.4 cm³/mol. The minimum atomic E-state index is -3.74. The predicted octanol–water partition coefficient (Wildman–Crippen LogP) is 3.02. The topological polar surface area (TPSA) is 54.5 Å². The standard InChI is InChI=1S/C14H18ClNO3S/c1-2-12-5-3-4-10-16(12)14(17)11-6-8-13(9-7-11)20(15,18)19/h6-9,12H,2-5,10H2,1H3. The molecule has 0 aromatic heterocycles. The smallest absolute Gasteiger partial charge is 0.261 e. The first-order valence-electron chi connectivity index (χ1n) is 6.79. The quantitative estimate of drug-likeness (QED) is 0.806. The van der Waals surface area contributed by atoms with Crippen LogP contribution in [0.25, 0.3) is 0 Å². The lowest BCUT2D eigenvalue weighted by atomic mass is 9.99. The van der Waals surface area contributed by atoms with Gasteiger partial charge < -0.3 is 4.90 Å². The number of likely N-dealkylation sites (tertiary alicyclic amines) is 1. The molecular formula is C14H18ClNO3S. The highest BCUT2D eigenvalue weighted by Gasteiger charge is 2.26. The van der Waals surface area contributed by atoms with E-state index in [2.05, 4.69) is 6.92 Å². The Bertz CT molecular complexity index is 583. The summed E-state index contributed by atoms with van der Waals surface area (Å²) in [5, 5.41) is 0. The number of carbonyl (C=O) groups excluding carboxylic acids is 1. The van der Waals surface area contributed by atoms with Crippen LogP contribution < -0.4 is 0 Å². The van der Waals surface area contributed by atoms with Crippen LogP contribution >= 0.6 is 10.7 Å². The van der Waals surface area contributed by atoms with Crippen LogP contribution in [0.2, 0.25) is 0 Å². The molecule has 0 aliphatic carbocycles. The Morgan fingerprint density at radius 2 is 1.95 bits per heavy atom. The number of nitrogens with zero attached hydrogens (tertiary/aromatic N) is 1. The molecule has 0 N–H and O–H groups in total. The molecule has 1 unspecified atom stereocenters. The van der Waals surface area contributed by atoms with E-state index in [1.54, 1.807) is 0 Å². The third-order valence-electron chi connectivity index (χ3n) is 3.74. The fourth-order valence-electron chi connectivity index (χ4n) is 2.62. The summed E-state index contributed by atoms with van der Waals surface area (Å²) in [4.78, 5) is 14.4. The number of hydrogen-bond donors (Lipinski definition) is 0. The Kier molecular flexibility index (Phi) is 4.70. The number of benzene rings is 1. The second kappa shape index (κ2) is 6.14. The van der Waals surface area contributed by atoms with Gasteiger partial charge in [0.1, 0.15) is 0 Å². The lowest BCUT2D eigenvalue weighted by Crippen LogP contribution is -2.43. The molecule has 6 heteroatoms. The first-order valence-corrected chi connectivity index (χ1v) is 9.10. The number of carbonyl (C=O) groups is 1. The molecule has 1 atom stereocenters. The van der Waals surface area contributed by atoms with E-state index in [4.69, 9.17) is 10.7 Å². The van der Waals surface area contributed by atoms with Crippen LogP contribution in [0, 0.1) is 0 Å². The van der Waals surface area contributed by atoms with Crippen LogP contribution in [0.15, 0.2) is 29.2 Å². The van der Waals surface area contributed by atoms with Crippen molar-refractivity contribution >= 4 is 25.6 Å². The molecule has 1 aliphatic rings. The summed E-state index contributed by atoms with van der Waals surface area (Å²) in [5.41, 5.74) is 0.509. The van der Waals surface area contributed by atoms with Crippen LogP contribution in [0.4, 0.5) is 0 Å². The van der Waals surface area contributed by atoms with E-state index in [1.165, 1.54) is 24.3 Å². The first kappa shape index (κ1) is 15.3. The number of hydrogen-bond acceptors (Lipinski definition) is 3. The van der Waals surface area contributed by atoms with Crippen LogP contribution in [-0.4, -0.2) is 31.8 Å². The summed E-state index contributed by atoms with van der Waals surface area (Å²) in [6, 6.07) is 6.09. The van der Waals surface area contributed by atoms with Crippen molar-refractivity contribution in [3.05, 3.63) is 29.8 Å². The molecule has 2 rings (SSSR count). The fraction of sp³-hybridized carbons (Fsp3) is 0.500. The zero-order chi connectivity index (χ0) is 14.8. The molecule has 1 saturated heterocycles. The van der Waals surface area contributed by atoms with Crippen molar-refractivity contribution in [3.63, 3.8) is 0 Å². The monoisotopic (exact) mass is 315 g/mol. The summed E-state index contributed by atoms with van der Waals surface area (Å²) in [5.74, 6) is -0.0323. The summed E-state index contributed by atoms with van der Waals surface area (Å²) < 4.78 is 22.4. The van der Waals surface area contributed by atoms with Gasteiger partial charge in [-0.15, -0.1) is 0 Å². The highest BCUT2D eigenvalue weighted by molar-refractivity contribution is 8.13. The van der Waals surface area contributed by atoms with E-state index < -0.39 is 9.05 Å². The third kappa shape index (κ3) is 3.33. The molecule has 0 spiro atoms. The van der Waals surface area contributed by atoms with E-state index in [9.17, 15) is 13.2 Å². The van der Waals surface area contributed by atoms with Crippen molar-refractivity contribution in [2.45, 2.75) is 43.5 Å². The van der Waals surface area contributed by atoms with Gasteiger partial charge in [-0.1, -0.05) is 6.92 Å². The van der Waals surface area contributed by atoms with Gasteiger partial charge in [0, 0.05) is 28.8 Å². The lowest BCUT2D eigenvalue weighted by molar-refractivity contribution is 0.0608. The maximum absolute atomic E-state index is 12.5. The maximum atomic E-state index is 12.5. The molecule has 1 amide bonds. The molecule has 0 saturated carbocycles. The Balaban J connectivity index is 2.20. The second-order valence-electron chi connectivity index (χ2n) is 5.02. The van der Waals surface area contributed by atoms with Gasteiger partial charge in [0.25, 0.3) is 15.0 Å². The molecule has 1 fully saturated rings. The van der Waals surface area contributed by atoms with Gasteiger partial charge >= 0.3 is 0 Å². The Labute approximate surface area is 124 Å². The van der Waals surface area contributed by atoms with Crippen LogP contribution in [0.1, 0.15) is 43.0 Å². The largest absolute Gasteiger partial charge is 0.336 e. The lowest BCUT2D eigenvalue weighted by Gasteiger charge is -2.35. The van der Waals surface area contributed by atoms with Crippen molar-refractivity contribution in [1.29, 1.82) is 0 Å². The van der Waals surface area contributed by atoms with E-state index >= 15 is 0 Å². The molecule has 4 nitrogen and oxygen atoms in total. The van der Waals surface area contributed by atoms with Crippen LogP contribution in [0.3, 0.4) is 0 Å². The molecule has 1 aliphatic heterocycles. The van der Waals surface area contributed by atoms with E-state index in [0.29, 0.717) is 5.56 Å². The third-order valence-corrected chi connectivity index (χ3v) is 5.11. The molecular weight excluding hydrogens is 298 g/mol.